The van der Waals surface area contributed by atoms with Crippen LogP contribution in [0.4, 0.5) is 11.8 Å². The number of hydrogen-bond acceptors (Lipinski definition) is 6. The number of halogens is 1. The molecular weight excluding hydrogens is 364 g/mol. The van der Waals surface area contributed by atoms with E-state index in [1.165, 1.54) is 32.1 Å². The van der Waals surface area contributed by atoms with Gasteiger partial charge in [-0.1, -0.05) is 30.9 Å². The van der Waals surface area contributed by atoms with Crippen molar-refractivity contribution in [3.8, 4) is 11.5 Å². The second-order valence-electron chi connectivity index (χ2n) is 7.12. The average Bonchev–Trinajstić information content (AvgIpc) is 2.65. The summed E-state index contributed by atoms with van der Waals surface area (Å²) in [6, 6.07) is 7.44. The largest absolute Gasteiger partial charge is 0.493 e. The van der Waals surface area contributed by atoms with Crippen molar-refractivity contribution in [1.29, 1.82) is 0 Å². The molecule has 0 aliphatic heterocycles. The van der Waals surface area contributed by atoms with Crippen LogP contribution in [0.3, 0.4) is 0 Å². The normalized spacial score (nSPS) is 16.1. The van der Waals surface area contributed by atoms with Crippen LogP contribution in [-0.4, -0.2) is 23.2 Å². The molecule has 1 atom stereocenters. The van der Waals surface area contributed by atoms with Gasteiger partial charge in [0.1, 0.15) is 5.75 Å². The van der Waals surface area contributed by atoms with Crippen molar-refractivity contribution < 1.29 is 9.47 Å². The number of hydrogen-bond donors (Lipinski definition) is 2. The van der Waals surface area contributed by atoms with E-state index in [1.807, 2.05) is 31.2 Å². The molecule has 3 rings (SSSR count). The summed E-state index contributed by atoms with van der Waals surface area (Å²) in [6.07, 6.45) is 6.22. The molecule has 7 heteroatoms. The molecule has 6 nitrogen and oxygen atoms in total. The van der Waals surface area contributed by atoms with E-state index < -0.39 is 0 Å². The molecule has 1 heterocycles. The fraction of sp³-hybridized carbons (Fsp3) is 0.500. The van der Waals surface area contributed by atoms with Gasteiger partial charge in [-0.05, 0) is 49.9 Å². The van der Waals surface area contributed by atoms with E-state index in [4.69, 9.17) is 32.5 Å². The van der Waals surface area contributed by atoms with Crippen molar-refractivity contribution in [2.24, 2.45) is 11.8 Å². The fourth-order valence-electron chi connectivity index (χ4n) is 3.64. The highest BCUT2D eigenvalue weighted by Gasteiger charge is 2.26. The van der Waals surface area contributed by atoms with Crippen LogP contribution in [0.5, 0.6) is 11.5 Å². The first kappa shape index (κ1) is 19.5. The van der Waals surface area contributed by atoms with Crippen LogP contribution in [0.15, 0.2) is 24.3 Å². The molecule has 27 heavy (non-hydrogen) atoms. The van der Waals surface area contributed by atoms with Crippen molar-refractivity contribution in [1.82, 2.24) is 9.97 Å². The highest BCUT2D eigenvalue weighted by atomic mass is 35.5. The summed E-state index contributed by atoms with van der Waals surface area (Å²) in [5.74, 6) is 2.59. The third-order valence-corrected chi connectivity index (χ3v) is 5.37. The van der Waals surface area contributed by atoms with Gasteiger partial charge in [0.05, 0.1) is 18.9 Å². The number of rotatable bonds is 7. The summed E-state index contributed by atoms with van der Waals surface area (Å²) in [5, 5.41) is 0.698. The second-order valence-corrected chi connectivity index (χ2v) is 7.55. The highest BCUT2D eigenvalue weighted by Crippen LogP contribution is 2.32. The summed E-state index contributed by atoms with van der Waals surface area (Å²) in [4.78, 5) is 8.15. The van der Waals surface area contributed by atoms with Crippen molar-refractivity contribution >= 4 is 23.4 Å². The lowest BCUT2D eigenvalue weighted by molar-refractivity contribution is 0.108. The van der Waals surface area contributed by atoms with Crippen LogP contribution in [-0.2, 0) is 0 Å². The minimum absolute atomic E-state index is 0.159. The van der Waals surface area contributed by atoms with Gasteiger partial charge in [0.15, 0.2) is 11.6 Å². The van der Waals surface area contributed by atoms with Gasteiger partial charge in [0.25, 0.3) is 0 Å². The number of nitrogens with zero attached hydrogens (tertiary/aromatic N) is 2. The molecule has 1 aliphatic carbocycles. The second kappa shape index (κ2) is 9.13. The first-order valence-corrected chi connectivity index (χ1v) is 9.81. The Morgan fingerprint density at radius 1 is 1.04 bits per heavy atom. The third kappa shape index (κ3) is 5.39. The molecule has 1 unspecified atom stereocenters. The summed E-state index contributed by atoms with van der Waals surface area (Å²) in [7, 11) is 0. The molecule has 0 saturated heterocycles. The van der Waals surface area contributed by atoms with Gasteiger partial charge >= 0.3 is 0 Å². The lowest BCUT2D eigenvalue weighted by atomic mass is 9.80. The van der Waals surface area contributed by atoms with E-state index in [1.54, 1.807) is 0 Å². The molecule has 0 spiro atoms. The minimum atomic E-state index is 0.159. The molecule has 1 aromatic heterocycles. The maximum atomic E-state index is 6.04. The Morgan fingerprint density at radius 3 is 2.37 bits per heavy atom. The van der Waals surface area contributed by atoms with Crippen molar-refractivity contribution in [3.63, 3.8) is 0 Å². The molecule has 0 bridgehead atoms. The van der Waals surface area contributed by atoms with E-state index >= 15 is 0 Å². The molecule has 1 aromatic carbocycles. The Labute approximate surface area is 165 Å². The lowest BCUT2D eigenvalue weighted by Gasteiger charge is -2.30. The molecule has 1 saturated carbocycles. The zero-order valence-corrected chi connectivity index (χ0v) is 16.4. The molecule has 4 N–H and O–H groups in total. The number of ether oxygens (including phenoxy) is 2. The first-order valence-electron chi connectivity index (χ1n) is 9.43. The van der Waals surface area contributed by atoms with Gasteiger partial charge in [-0.15, -0.1) is 0 Å². The molecule has 1 fully saturated rings. The van der Waals surface area contributed by atoms with E-state index in [0.29, 0.717) is 35.6 Å². The summed E-state index contributed by atoms with van der Waals surface area (Å²) < 4.78 is 12.1. The van der Waals surface area contributed by atoms with Crippen LogP contribution in [0, 0.1) is 18.8 Å². The minimum Gasteiger partial charge on any atom is -0.493 e. The van der Waals surface area contributed by atoms with Gasteiger partial charge in [-0.25, -0.2) is 4.98 Å². The van der Waals surface area contributed by atoms with Crippen LogP contribution >= 0.6 is 11.6 Å². The maximum Gasteiger partial charge on any atom is 0.222 e. The highest BCUT2D eigenvalue weighted by molar-refractivity contribution is 6.30. The van der Waals surface area contributed by atoms with Gasteiger partial charge in [-0.2, -0.15) is 4.98 Å². The van der Waals surface area contributed by atoms with E-state index in [9.17, 15) is 0 Å². The van der Waals surface area contributed by atoms with Crippen LogP contribution in [0.2, 0.25) is 5.02 Å². The molecule has 146 valence electrons. The first-order chi connectivity index (χ1) is 13.0. The van der Waals surface area contributed by atoms with Gasteiger partial charge in [0, 0.05) is 10.9 Å². The number of anilines is 2. The van der Waals surface area contributed by atoms with Gasteiger partial charge < -0.3 is 20.9 Å². The number of aryl methyl sites for hydroxylation is 1. The van der Waals surface area contributed by atoms with Gasteiger partial charge in [0.2, 0.25) is 5.95 Å². The molecule has 0 amide bonds. The predicted octanol–water partition coefficient (Wildman–Crippen LogP) is 4.26. The number of nitrogen functional groups attached to an aromatic ring is 2. The van der Waals surface area contributed by atoms with E-state index in [-0.39, 0.29) is 17.7 Å². The third-order valence-electron chi connectivity index (χ3n) is 5.11. The van der Waals surface area contributed by atoms with Crippen LogP contribution < -0.4 is 20.9 Å². The van der Waals surface area contributed by atoms with Crippen LogP contribution in [0.25, 0.3) is 0 Å². The topological polar surface area (TPSA) is 96.3 Å². The summed E-state index contributed by atoms with van der Waals surface area (Å²) in [5.41, 5.74) is 12.3. The molecular formula is C20H27ClN4O2. The number of aromatic nitrogens is 2. The molecule has 1 aliphatic rings. The molecule has 2 aromatic rings. The molecule has 0 radical (unpaired) electrons. The Morgan fingerprint density at radius 2 is 1.70 bits per heavy atom. The van der Waals surface area contributed by atoms with Crippen LogP contribution in [0.1, 0.15) is 37.8 Å². The van der Waals surface area contributed by atoms with Crippen molar-refractivity contribution in [3.05, 3.63) is 35.0 Å². The van der Waals surface area contributed by atoms with E-state index in [0.717, 1.165) is 5.75 Å². The maximum absolute atomic E-state index is 6.04. The number of nitrogens with two attached hydrogens (primary N) is 2. The van der Waals surface area contributed by atoms with Crippen molar-refractivity contribution in [2.45, 2.75) is 39.0 Å². The number of benzene rings is 1. The Kier molecular flexibility index (Phi) is 6.61. The SMILES string of the molecule is Cc1nc(N)nc(N)c1OCC(COc1ccc(Cl)cc1)C1CCCCC1. The monoisotopic (exact) mass is 390 g/mol. The zero-order chi connectivity index (χ0) is 19.2. The Hall–Kier alpha value is -2.21. The van der Waals surface area contributed by atoms with E-state index in [2.05, 4.69) is 9.97 Å². The Bertz CT molecular complexity index is 725. The summed E-state index contributed by atoms with van der Waals surface area (Å²) in [6.45, 7) is 2.92. The smallest absolute Gasteiger partial charge is 0.222 e. The quantitative estimate of drug-likeness (QED) is 0.733. The standard InChI is InChI=1S/C20H27ClN4O2/c1-13-18(19(22)25-20(23)24-13)27-12-15(14-5-3-2-4-6-14)11-26-17-9-7-16(21)8-10-17/h7-10,14-15H,2-6,11-12H2,1H3,(H4,22,23,24,25). The lowest BCUT2D eigenvalue weighted by Crippen LogP contribution is -2.29. The van der Waals surface area contributed by atoms with Crippen molar-refractivity contribution in [2.75, 3.05) is 24.7 Å². The predicted molar refractivity (Wildman–Crippen MR) is 108 cm³/mol. The Balaban J connectivity index is 1.67. The summed E-state index contributed by atoms with van der Waals surface area (Å²) >= 11 is 5.95. The zero-order valence-electron chi connectivity index (χ0n) is 15.7. The average molecular weight is 391 g/mol. The fourth-order valence-corrected chi connectivity index (χ4v) is 3.76. The van der Waals surface area contributed by atoms with Gasteiger partial charge in [-0.3, -0.25) is 0 Å².